The van der Waals surface area contributed by atoms with E-state index in [0.29, 0.717) is 17.0 Å². The van der Waals surface area contributed by atoms with E-state index in [1.54, 1.807) is 17.0 Å². The number of carbonyl (C=O) groups excluding carboxylic acids is 3. The summed E-state index contributed by atoms with van der Waals surface area (Å²) in [6.45, 7) is 1.37. The lowest BCUT2D eigenvalue weighted by Crippen LogP contribution is -2.41. The van der Waals surface area contributed by atoms with Crippen LogP contribution >= 0.6 is 0 Å². The second-order valence-electron chi connectivity index (χ2n) is 5.19. The summed E-state index contributed by atoms with van der Waals surface area (Å²) in [7, 11) is 1.50. The molecule has 1 fully saturated rings. The molecule has 2 aliphatic heterocycles. The Balaban J connectivity index is 1.85. The van der Waals surface area contributed by atoms with Gasteiger partial charge in [0, 0.05) is 13.1 Å². The summed E-state index contributed by atoms with van der Waals surface area (Å²) in [6, 6.07) is 4.86. The smallest absolute Gasteiger partial charge is 0.299 e. The summed E-state index contributed by atoms with van der Waals surface area (Å²) >= 11 is 0. The van der Waals surface area contributed by atoms with Crippen LogP contribution in [-0.4, -0.2) is 49.2 Å². The van der Waals surface area contributed by atoms with Crippen LogP contribution in [0.25, 0.3) is 0 Å². The molecule has 0 aromatic heterocycles. The summed E-state index contributed by atoms with van der Waals surface area (Å²) in [5.74, 6) is -0.830. The number of nitrogens with zero attached hydrogens (tertiary/aromatic N) is 2. The zero-order valence-corrected chi connectivity index (χ0v) is 11.8. The highest BCUT2D eigenvalue weighted by molar-refractivity contribution is 6.52. The predicted octanol–water partition coefficient (Wildman–Crippen LogP) is 0.847. The van der Waals surface area contributed by atoms with Crippen LogP contribution in [0, 0.1) is 0 Å². The monoisotopic (exact) mass is 288 g/mol. The van der Waals surface area contributed by atoms with E-state index >= 15 is 0 Å². The van der Waals surface area contributed by atoms with Crippen molar-refractivity contribution in [2.75, 3.05) is 31.6 Å². The molecule has 2 amide bonds. The van der Waals surface area contributed by atoms with E-state index in [1.807, 2.05) is 0 Å². The number of anilines is 1. The SMILES string of the molecule is COc1ccc2c(c1)C(=O)C(=O)N2CC(=O)N1CCCC1. The van der Waals surface area contributed by atoms with E-state index in [4.69, 9.17) is 4.74 Å². The van der Waals surface area contributed by atoms with Crippen LogP contribution in [0.5, 0.6) is 5.75 Å². The molecule has 1 aromatic carbocycles. The van der Waals surface area contributed by atoms with Crippen molar-refractivity contribution >= 4 is 23.3 Å². The van der Waals surface area contributed by atoms with Gasteiger partial charge in [-0.15, -0.1) is 0 Å². The number of likely N-dealkylation sites (tertiary alicyclic amines) is 1. The Morgan fingerprint density at radius 1 is 1.24 bits per heavy atom. The van der Waals surface area contributed by atoms with Crippen molar-refractivity contribution in [2.24, 2.45) is 0 Å². The van der Waals surface area contributed by atoms with Crippen LogP contribution in [0.2, 0.25) is 0 Å². The molecular formula is C15H16N2O4. The van der Waals surface area contributed by atoms with E-state index in [1.165, 1.54) is 18.1 Å². The molecule has 1 aromatic rings. The quantitative estimate of drug-likeness (QED) is 0.773. The molecule has 110 valence electrons. The van der Waals surface area contributed by atoms with Crippen LogP contribution in [0.15, 0.2) is 18.2 Å². The first-order valence-corrected chi connectivity index (χ1v) is 6.94. The molecule has 0 spiro atoms. The molecule has 6 nitrogen and oxygen atoms in total. The highest BCUT2D eigenvalue weighted by Crippen LogP contribution is 2.32. The number of carbonyl (C=O) groups is 3. The van der Waals surface area contributed by atoms with E-state index in [9.17, 15) is 14.4 Å². The van der Waals surface area contributed by atoms with Gasteiger partial charge in [-0.1, -0.05) is 0 Å². The summed E-state index contributed by atoms with van der Waals surface area (Å²) < 4.78 is 5.06. The summed E-state index contributed by atoms with van der Waals surface area (Å²) in [5.41, 5.74) is 0.784. The Hall–Kier alpha value is -2.37. The molecule has 0 unspecified atom stereocenters. The third kappa shape index (κ3) is 2.26. The fraction of sp³-hybridized carbons (Fsp3) is 0.400. The van der Waals surface area contributed by atoms with Crippen LogP contribution in [-0.2, 0) is 9.59 Å². The van der Waals surface area contributed by atoms with Gasteiger partial charge >= 0.3 is 0 Å². The first-order chi connectivity index (χ1) is 10.1. The topological polar surface area (TPSA) is 66.9 Å². The van der Waals surface area contributed by atoms with Gasteiger partial charge in [0.2, 0.25) is 5.91 Å². The van der Waals surface area contributed by atoms with Crippen LogP contribution in [0.3, 0.4) is 0 Å². The lowest BCUT2D eigenvalue weighted by Gasteiger charge is -2.21. The van der Waals surface area contributed by atoms with Gasteiger partial charge in [0.25, 0.3) is 11.7 Å². The number of methoxy groups -OCH3 is 1. The number of hydrogen-bond acceptors (Lipinski definition) is 4. The highest BCUT2D eigenvalue weighted by Gasteiger charge is 2.37. The molecule has 0 radical (unpaired) electrons. The number of fused-ring (bicyclic) bond motifs is 1. The molecule has 6 heteroatoms. The number of amides is 2. The Morgan fingerprint density at radius 3 is 2.62 bits per heavy atom. The van der Waals surface area contributed by atoms with Gasteiger partial charge < -0.3 is 9.64 Å². The molecule has 0 saturated carbocycles. The molecule has 2 aliphatic rings. The van der Waals surface area contributed by atoms with E-state index in [2.05, 4.69) is 0 Å². The fourth-order valence-corrected chi connectivity index (χ4v) is 2.77. The van der Waals surface area contributed by atoms with Crippen molar-refractivity contribution in [1.82, 2.24) is 4.90 Å². The van der Waals surface area contributed by atoms with Gasteiger partial charge in [0.1, 0.15) is 12.3 Å². The fourth-order valence-electron chi connectivity index (χ4n) is 2.77. The normalized spacial score (nSPS) is 17.4. The van der Waals surface area contributed by atoms with E-state index in [-0.39, 0.29) is 12.5 Å². The van der Waals surface area contributed by atoms with E-state index in [0.717, 1.165) is 25.9 Å². The largest absolute Gasteiger partial charge is 0.497 e. The lowest BCUT2D eigenvalue weighted by atomic mass is 10.1. The average Bonchev–Trinajstić information content (AvgIpc) is 3.11. The standard InChI is InChI=1S/C15H16N2O4/c1-21-10-4-5-12-11(8-10)14(19)15(20)17(12)9-13(18)16-6-2-3-7-16/h4-5,8H,2-3,6-7,9H2,1H3. The molecule has 2 heterocycles. The van der Waals surface area contributed by atoms with Crippen molar-refractivity contribution in [3.05, 3.63) is 23.8 Å². The number of ether oxygens (including phenoxy) is 1. The van der Waals surface area contributed by atoms with Gasteiger partial charge in [-0.25, -0.2) is 0 Å². The third-order valence-corrected chi connectivity index (χ3v) is 3.93. The lowest BCUT2D eigenvalue weighted by molar-refractivity contribution is -0.129. The zero-order valence-electron chi connectivity index (χ0n) is 11.8. The van der Waals surface area contributed by atoms with Crippen molar-refractivity contribution in [2.45, 2.75) is 12.8 Å². The average molecular weight is 288 g/mol. The van der Waals surface area contributed by atoms with Gasteiger partial charge in [-0.05, 0) is 31.0 Å². The minimum Gasteiger partial charge on any atom is -0.497 e. The molecule has 1 saturated heterocycles. The van der Waals surface area contributed by atoms with Crippen LogP contribution in [0.4, 0.5) is 5.69 Å². The maximum absolute atomic E-state index is 12.2. The number of hydrogen-bond donors (Lipinski definition) is 0. The van der Waals surface area contributed by atoms with Crippen molar-refractivity contribution in [3.63, 3.8) is 0 Å². The molecule has 0 aliphatic carbocycles. The first kappa shape index (κ1) is 13.6. The maximum atomic E-state index is 12.2. The van der Waals surface area contributed by atoms with Gasteiger partial charge in [-0.2, -0.15) is 0 Å². The van der Waals surface area contributed by atoms with Crippen molar-refractivity contribution < 1.29 is 19.1 Å². The number of Topliss-reactive ketones (excluding diaryl/α,β-unsaturated/α-hetero) is 1. The molecular weight excluding hydrogens is 272 g/mol. The van der Waals surface area contributed by atoms with Crippen molar-refractivity contribution in [3.8, 4) is 5.75 Å². The minimum atomic E-state index is -0.647. The molecule has 0 atom stereocenters. The number of rotatable bonds is 3. The third-order valence-electron chi connectivity index (χ3n) is 3.93. The second kappa shape index (κ2) is 5.20. The highest BCUT2D eigenvalue weighted by atomic mass is 16.5. The predicted molar refractivity (Wildman–Crippen MR) is 75.5 cm³/mol. The molecule has 0 bridgehead atoms. The van der Waals surface area contributed by atoms with Gasteiger partial charge in [0.15, 0.2) is 0 Å². The number of benzene rings is 1. The van der Waals surface area contributed by atoms with Crippen molar-refractivity contribution in [1.29, 1.82) is 0 Å². The molecule has 0 N–H and O–H groups in total. The van der Waals surface area contributed by atoms with Crippen LogP contribution < -0.4 is 9.64 Å². The van der Waals surface area contributed by atoms with E-state index < -0.39 is 11.7 Å². The minimum absolute atomic E-state index is 0.0795. The Bertz CT molecular complexity index is 620. The Morgan fingerprint density at radius 2 is 1.95 bits per heavy atom. The van der Waals surface area contributed by atoms with Gasteiger partial charge in [-0.3, -0.25) is 19.3 Å². The first-order valence-electron chi connectivity index (χ1n) is 6.94. The Labute approximate surface area is 122 Å². The summed E-state index contributed by atoms with van der Waals surface area (Å²) in [5, 5.41) is 0. The molecule has 3 rings (SSSR count). The summed E-state index contributed by atoms with van der Waals surface area (Å²) in [4.78, 5) is 39.3. The summed E-state index contributed by atoms with van der Waals surface area (Å²) in [6.07, 6.45) is 1.98. The molecule has 21 heavy (non-hydrogen) atoms. The maximum Gasteiger partial charge on any atom is 0.299 e. The second-order valence-corrected chi connectivity index (χ2v) is 5.19. The Kier molecular flexibility index (Phi) is 3.37. The van der Waals surface area contributed by atoms with Crippen LogP contribution in [0.1, 0.15) is 23.2 Å². The number of ketones is 1. The van der Waals surface area contributed by atoms with Gasteiger partial charge in [0.05, 0.1) is 18.4 Å². The zero-order chi connectivity index (χ0) is 15.0.